The third-order valence-electron chi connectivity index (χ3n) is 3.65. The van der Waals surface area contributed by atoms with Crippen LogP contribution in [0, 0.1) is 0 Å². The van der Waals surface area contributed by atoms with Crippen molar-refractivity contribution < 1.29 is 4.79 Å². The van der Waals surface area contributed by atoms with Gasteiger partial charge in [0, 0.05) is 13.0 Å². The van der Waals surface area contributed by atoms with Crippen LogP contribution in [0.25, 0.3) is 11.0 Å². The molecule has 23 heavy (non-hydrogen) atoms. The Bertz CT molecular complexity index is 836. The lowest BCUT2D eigenvalue weighted by molar-refractivity contribution is -0.121. The molecule has 1 amide bonds. The van der Waals surface area contributed by atoms with Crippen LogP contribution in [-0.2, 0) is 11.3 Å². The minimum absolute atomic E-state index is 0.113. The molecule has 0 aliphatic heterocycles. The van der Waals surface area contributed by atoms with E-state index in [1.807, 2.05) is 66.1 Å². The van der Waals surface area contributed by atoms with Crippen molar-refractivity contribution in [3.8, 4) is 0 Å². The molecule has 116 valence electrons. The molecule has 3 aromatic rings. The Kier molecular flexibility index (Phi) is 4.47. The van der Waals surface area contributed by atoms with E-state index in [4.69, 9.17) is 0 Å². The number of hydrogen-bond donors (Lipinski definition) is 1. The Morgan fingerprint density at radius 1 is 1.13 bits per heavy atom. The molecule has 1 N–H and O–H groups in total. The number of nitrogens with one attached hydrogen (secondary N) is 1. The highest BCUT2D eigenvalue weighted by Gasteiger charge is 2.05. The highest BCUT2D eigenvalue weighted by atomic mass is 16.2. The normalized spacial score (nSPS) is 11.6. The monoisotopic (exact) mass is 306 g/mol. The fourth-order valence-electron chi connectivity index (χ4n) is 2.36. The van der Waals surface area contributed by atoms with Crippen molar-refractivity contribution in [2.45, 2.75) is 19.9 Å². The fraction of sp³-hybridized carbons (Fsp3) is 0.167. The predicted octanol–water partition coefficient (Wildman–Crippen LogP) is 2.97. The number of hydrogen-bond acceptors (Lipinski definition) is 3. The first-order valence-corrected chi connectivity index (χ1v) is 7.52. The number of rotatable bonds is 5. The lowest BCUT2D eigenvalue weighted by Gasteiger charge is -2.05. The van der Waals surface area contributed by atoms with Gasteiger partial charge in [-0.1, -0.05) is 42.5 Å². The number of amides is 1. The van der Waals surface area contributed by atoms with Crippen LogP contribution < -0.4 is 5.43 Å². The van der Waals surface area contributed by atoms with Crippen LogP contribution in [0.5, 0.6) is 0 Å². The summed E-state index contributed by atoms with van der Waals surface area (Å²) in [7, 11) is 0. The van der Waals surface area contributed by atoms with Gasteiger partial charge in [0.25, 0.3) is 0 Å². The van der Waals surface area contributed by atoms with Gasteiger partial charge >= 0.3 is 0 Å². The zero-order valence-electron chi connectivity index (χ0n) is 12.9. The van der Waals surface area contributed by atoms with Crippen LogP contribution in [0.2, 0.25) is 0 Å². The topological polar surface area (TPSA) is 59.3 Å². The number of aryl methyl sites for hydroxylation is 1. The van der Waals surface area contributed by atoms with E-state index in [1.54, 1.807) is 6.33 Å². The number of fused-ring (bicyclic) bond motifs is 1. The zero-order valence-corrected chi connectivity index (χ0v) is 12.9. The summed E-state index contributed by atoms with van der Waals surface area (Å²) in [6.07, 6.45) is 2.11. The number of imidazole rings is 1. The molecule has 0 fully saturated rings. The molecule has 3 rings (SSSR count). The van der Waals surface area contributed by atoms with E-state index in [2.05, 4.69) is 15.5 Å². The maximum absolute atomic E-state index is 12.0. The van der Waals surface area contributed by atoms with Crippen LogP contribution in [0.1, 0.15) is 18.9 Å². The molecule has 0 aliphatic rings. The smallest absolute Gasteiger partial charge is 0.241 e. The standard InChI is InChI=1S/C18H18N4O/c1-14(15-7-3-2-4-8-15)20-21-18(23)11-12-22-13-19-16-9-5-6-10-17(16)22/h2-10,13H,11-12H2,1H3,(H,21,23)/b20-14-. The molecule has 0 saturated heterocycles. The van der Waals surface area contributed by atoms with E-state index in [9.17, 15) is 4.79 Å². The second-order valence-electron chi connectivity index (χ2n) is 5.27. The molecule has 0 bridgehead atoms. The fourth-order valence-corrected chi connectivity index (χ4v) is 2.36. The number of nitrogens with zero attached hydrogens (tertiary/aromatic N) is 3. The summed E-state index contributed by atoms with van der Waals surface area (Å²) in [5.74, 6) is -0.113. The van der Waals surface area contributed by atoms with Crippen molar-refractivity contribution in [3.05, 3.63) is 66.5 Å². The van der Waals surface area contributed by atoms with Gasteiger partial charge in [-0.15, -0.1) is 0 Å². The SMILES string of the molecule is C/C(=N/NC(=O)CCn1cnc2ccccc21)c1ccccc1. The summed E-state index contributed by atoms with van der Waals surface area (Å²) >= 11 is 0. The molecular formula is C18H18N4O. The first-order chi connectivity index (χ1) is 11.2. The molecule has 0 unspecified atom stereocenters. The molecule has 2 aromatic carbocycles. The number of carbonyl (C=O) groups excluding carboxylic acids is 1. The van der Waals surface area contributed by atoms with Crippen molar-refractivity contribution in [2.24, 2.45) is 5.10 Å². The van der Waals surface area contributed by atoms with E-state index in [0.29, 0.717) is 13.0 Å². The molecule has 1 heterocycles. The second-order valence-corrected chi connectivity index (χ2v) is 5.27. The Labute approximate surface area is 134 Å². The molecule has 0 radical (unpaired) electrons. The molecule has 5 nitrogen and oxygen atoms in total. The Morgan fingerprint density at radius 3 is 2.70 bits per heavy atom. The van der Waals surface area contributed by atoms with Gasteiger partial charge in [-0.2, -0.15) is 5.10 Å². The van der Waals surface area contributed by atoms with Crippen molar-refractivity contribution in [1.82, 2.24) is 15.0 Å². The number of aromatic nitrogens is 2. The first kappa shape index (κ1) is 15.0. The Hall–Kier alpha value is -2.95. The lowest BCUT2D eigenvalue weighted by atomic mass is 10.1. The average molecular weight is 306 g/mol. The highest BCUT2D eigenvalue weighted by molar-refractivity contribution is 5.99. The van der Waals surface area contributed by atoms with Gasteiger partial charge in [-0.3, -0.25) is 4.79 Å². The molecule has 1 aromatic heterocycles. The van der Waals surface area contributed by atoms with Gasteiger partial charge in [-0.05, 0) is 24.6 Å². The summed E-state index contributed by atoms with van der Waals surface area (Å²) in [5, 5.41) is 4.15. The average Bonchev–Trinajstić information content (AvgIpc) is 3.02. The molecule has 0 atom stereocenters. The van der Waals surface area contributed by atoms with Gasteiger partial charge in [0.15, 0.2) is 0 Å². The maximum atomic E-state index is 12.0. The van der Waals surface area contributed by atoms with Crippen LogP contribution in [0.4, 0.5) is 0 Å². The largest absolute Gasteiger partial charge is 0.330 e. The summed E-state index contributed by atoms with van der Waals surface area (Å²) in [6.45, 7) is 2.45. The molecular weight excluding hydrogens is 288 g/mol. The van der Waals surface area contributed by atoms with E-state index >= 15 is 0 Å². The van der Waals surface area contributed by atoms with Crippen LogP contribution >= 0.6 is 0 Å². The molecule has 0 aliphatic carbocycles. The van der Waals surface area contributed by atoms with Crippen molar-refractivity contribution >= 4 is 22.7 Å². The van der Waals surface area contributed by atoms with E-state index in [1.165, 1.54) is 0 Å². The van der Waals surface area contributed by atoms with Gasteiger partial charge < -0.3 is 4.57 Å². The zero-order chi connectivity index (χ0) is 16.1. The van der Waals surface area contributed by atoms with Crippen LogP contribution in [0.3, 0.4) is 0 Å². The molecule has 0 saturated carbocycles. The van der Waals surface area contributed by atoms with Crippen molar-refractivity contribution in [3.63, 3.8) is 0 Å². The minimum atomic E-state index is -0.113. The number of benzene rings is 2. The summed E-state index contributed by atoms with van der Waals surface area (Å²) in [5.41, 5.74) is 6.35. The summed E-state index contributed by atoms with van der Waals surface area (Å²) in [4.78, 5) is 16.3. The second kappa shape index (κ2) is 6.87. The van der Waals surface area contributed by atoms with Crippen molar-refractivity contribution in [2.75, 3.05) is 0 Å². The summed E-state index contributed by atoms with van der Waals surface area (Å²) in [6, 6.07) is 17.6. The van der Waals surface area contributed by atoms with E-state index in [-0.39, 0.29) is 5.91 Å². The molecule has 0 spiro atoms. The van der Waals surface area contributed by atoms with E-state index in [0.717, 1.165) is 22.3 Å². The Morgan fingerprint density at radius 2 is 1.87 bits per heavy atom. The Balaban J connectivity index is 1.58. The van der Waals surface area contributed by atoms with Gasteiger partial charge in [-0.25, -0.2) is 10.4 Å². The van der Waals surface area contributed by atoms with Crippen LogP contribution in [-0.4, -0.2) is 21.2 Å². The minimum Gasteiger partial charge on any atom is -0.330 e. The molecule has 5 heteroatoms. The summed E-state index contributed by atoms with van der Waals surface area (Å²) < 4.78 is 1.97. The number of carbonyl (C=O) groups is 1. The maximum Gasteiger partial charge on any atom is 0.241 e. The number of hydrazone groups is 1. The highest BCUT2D eigenvalue weighted by Crippen LogP contribution is 2.12. The van der Waals surface area contributed by atoms with Gasteiger partial charge in [0.1, 0.15) is 0 Å². The quantitative estimate of drug-likeness (QED) is 0.582. The predicted molar refractivity (Wildman–Crippen MR) is 91.1 cm³/mol. The van der Waals surface area contributed by atoms with E-state index < -0.39 is 0 Å². The number of para-hydroxylation sites is 2. The lowest BCUT2D eigenvalue weighted by Crippen LogP contribution is -2.20. The van der Waals surface area contributed by atoms with Crippen LogP contribution in [0.15, 0.2) is 66.0 Å². The first-order valence-electron chi connectivity index (χ1n) is 7.52. The van der Waals surface area contributed by atoms with Crippen molar-refractivity contribution in [1.29, 1.82) is 0 Å². The van der Waals surface area contributed by atoms with Gasteiger partial charge in [0.05, 0.1) is 23.1 Å². The van der Waals surface area contributed by atoms with Gasteiger partial charge in [0.2, 0.25) is 5.91 Å². The third kappa shape index (κ3) is 3.63. The third-order valence-corrected chi connectivity index (χ3v) is 3.65.